The number of amides is 1. The lowest BCUT2D eigenvalue weighted by molar-refractivity contribution is -0.118. The normalized spacial score (nSPS) is 14.9. The van der Waals surface area contributed by atoms with Crippen LogP contribution in [0, 0.1) is 11.3 Å². The number of carbonyl (C=O) groups is 1. The first-order chi connectivity index (χ1) is 16.6. The first kappa shape index (κ1) is 23.4. The topological polar surface area (TPSA) is 84.3 Å². The summed E-state index contributed by atoms with van der Waals surface area (Å²) in [5.41, 5.74) is 3.73. The molecule has 0 spiro atoms. The number of likely N-dealkylation sites (N-methyl/N-ethyl adjacent to an activating group) is 1. The van der Waals surface area contributed by atoms with Crippen LogP contribution in [0.15, 0.2) is 72.9 Å². The van der Waals surface area contributed by atoms with Gasteiger partial charge in [-0.05, 0) is 48.9 Å². The summed E-state index contributed by atoms with van der Waals surface area (Å²) in [6, 6.07) is 22.7. The summed E-state index contributed by atoms with van der Waals surface area (Å²) in [6.45, 7) is 4.64. The maximum Gasteiger partial charge on any atom is 0.247 e. The Morgan fingerprint density at radius 2 is 1.76 bits per heavy atom. The largest absolute Gasteiger partial charge is 0.368 e. The van der Waals surface area contributed by atoms with Crippen LogP contribution in [-0.2, 0) is 11.2 Å². The lowest BCUT2D eigenvalue weighted by Crippen LogP contribution is -2.44. The molecule has 1 fully saturated rings. The highest BCUT2D eigenvalue weighted by molar-refractivity contribution is 5.94. The van der Waals surface area contributed by atoms with Gasteiger partial charge in [-0.15, -0.1) is 0 Å². The molecule has 1 aliphatic rings. The molecule has 1 amide bonds. The monoisotopic (exact) mass is 454 g/mol. The third kappa shape index (κ3) is 6.19. The van der Waals surface area contributed by atoms with Gasteiger partial charge in [0.2, 0.25) is 5.91 Å². The first-order valence-corrected chi connectivity index (χ1v) is 11.6. The van der Waals surface area contributed by atoms with Gasteiger partial charge in [0.05, 0.1) is 23.5 Å². The van der Waals surface area contributed by atoms with E-state index in [1.165, 1.54) is 0 Å². The number of hydrogen-bond acceptors (Lipinski definition) is 6. The smallest absolute Gasteiger partial charge is 0.247 e. The molecule has 0 bridgehead atoms. The molecule has 1 unspecified atom stereocenters. The predicted octanol–water partition coefficient (Wildman–Crippen LogP) is 3.22. The minimum absolute atomic E-state index is 0.147. The molecule has 0 radical (unpaired) electrons. The van der Waals surface area contributed by atoms with Crippen LogP contribution >= 0.6 is 0 Å². The Hall–Kier alpha value is -3.73. The lowest BCUT2D eigenvalue weighted by atomic mass is 10.1. The molecule has 0 saturated carbocycles. The van der Waals surface area contributed by atoms with Crippen molar-refractivity contribution in [2.45, 2.75) is 12.5 Å². The van der Waals surface area contributed by atoms with Crippen LogP contribution in [0.25, 0.3) is 0 Å². The number of nitriles is 1. The molecule has 0 aliphatic carbocycles. The number of anilines is 2. The minimum Gasteiger partial charge on any atom is -0.368 e. The van der Waals surface area contributed by atoms with E-state index in [-0.39, 0.29) is 5.91 Å². The fraction of sp³-hybridized carbons (Fsp3) is 0.296. The third-order valence-electron chi connectivity index (χ3n) is 6.11. The first-order valence-electron chi connectivity index (χ1n) is 11.6. The second-order valence-corrected chi connectivity index (χ2v) is 8.54. The van der Waals surface area contributed by atoms with Gasteiger partial charge in [-0.2, -0.15) is 5.26 Å². The number of carbonyl (C=O) groups excluding carboxylic acids is 1. The van der Waals surface area contributed by atoms with Gasteiger partial charge in [0, 0.05) is 32.7 Å². The lowest BCUT2D eigenvalue weighted by Gasteiger charge is -2.33. The van der Waals surface area contributed by atoms with E-state index >= 15 is 0 Å². The Balaban J connectivity index is 1.38. The predicted molar refractivity (Wildman–Crippen MR) is 135 cm³/mol. The summed E-state index contributed by atoms with van der Waals surface area (Å²) < 4.78 is 0. The van der Waals surface area contributed by atoms with E-state index in [9.17, 15) is 4.79 Å². The van der Waals surface area contributed by atoms with Crippen molar-refractivity contribution in [2.75, 3.05) is 50.0 Å². The van der Waals surface area contributed by atoms with Gasteiger partial charge >= 0.3 is 0 Å². The third-order valence-corrected chi connectivity index (χ3v) is 6.11. The van der Waals surface area contributed by atoms with Gasteiger partial charge in [-0.25, -0.2) is 4.98 Å². The van der Waals surface area contributed by atoms with E-state index in [0.717, 1.165) is 49.4 Å². The van der Waals surface area contributed by atoms with Crippen molar-refractivity contribution in [3.8, 4) is 6.07 Å². The fourth-order valence-corrected chi connectivity index (χ4v) is 4.02. The van der Waals surface area contributed by atoms with Crippen molar-refractivity contribution in [2.24, 2.45) is 0 Å². The molecule has 1 aliphatic heterocycles. The van der Waals surface area contributed by atoms with Gasteiger partial charge in [-0.1, -0.05) is 42.5 Å². The number of rotatable bonds is 8. The van der Waals surface area contributed by atoms with Crippen molar-refractivity contribution in [1.29, 1.82) is 5.26 Å². The molecule has 1 saturated heterocycles. The highest BCUT2D eigenvalue weighted by atomic mass is 16.2. The number of piperazine rings is 1. The van der Waals surface area contributed by atoms with Crippen LogP contribution in [-0.4, -0.2) is 55.6 Å². The summed E-state index contributed by atoms with van der Waals surface area (Å²) in [5, 5.41) is 15.3. The van der Waals surface area contributed by atoms with E-state index in [1.807, 2.05) is 72.9 Å². The van der Waals surface area contributed by atoms with Crippen LogP contribution < -0.4 is 15.5 Å². The molecule has 1 aromatic heterocycles. The number of pyridine rings is 1. The Morgan fingerprint density at radius 3 is 2.41 bits per heavy atom. The van der Waals surface area contributed by atoms with Crippen molar-refractivity contribution >= 4 is 17.4 Å². The summed E-state index contributed by atoms with van der Waals surface area (Å²) in [4.78, 5) is 22.3. The second-order valence-electron chi connectivity index (χ2n) is 8.54. The zero-order valence-electron chi connectivity index (χ0n) is 19.4. The van der Waals surface area contributed by atoms with Crippen LogP contribution in [0.5, 0.6) is 0 Å². The van der Waals surface area contributed by atoms with E-state index < -0.39 is 6.04 Å². The molecular weight excluding hydrogens is 424 g/mol. The molecule has 34 heavy (non-hydrogen) atoms. The Kier molecular flexibility index (Phi) is 7.87. The summed E-state index contributed by atoms with van der Waals surface area (Å²) in [7, 11) is 2.13. The molecule has 1 atom stereocenters. The van der Waals surface area contributed by atoms with Crippen LogP contribution in [0.2, 0.25) is 0 Å². The number of benzene rings is 2. The SMILES string of the molecule is CN1CCN(c2ccc(NC(=O)C(NCCc3ccc(C#N)cc3)c3ccccc3)nc2)CC1. The summed E-state index contributed by atoms with van der Waals surface area (Å²) in [5.74, 6) is 0.392. The summed E-state index contributed by atoms with van der Waals surface area (Å²) >= 11 is 0. The Bertz CT molecular complexity index is 1100. The van der Waals surface area contributed by atoms with Gasteiger partial charge in [-0.3, -0.25) is 4.79 Å². The Morgan fingerprint density at radius 1 is 1.03 bits per heavy atom. The van der Waals surface area contributed by atoms with E-state index in [4.69, 9.17) is 5.26 Å². The maximum absolute atomic E-state index is 13.2. The molecule has 2 aromatic carbocycles. The van der Waals surface area contributed by atoms with E-state index in [0.29, 0.717) is 17.9 Å². The number of nitrogens with one attached hydrogen (secondary N) is 2. The van der Waals surface area contributed by atoms with Gasteiger partial charge in [0.25, 0.3) is 0 Å². The quantitative estimate of drug-likeness (QED) is 0.544. The molecule has 7 heteroatoms. The molecule has 2 heterocycles. The van der Waals surface area contributed by atoms with E-state index in [2.05, 4.69) is 38.5 Å². The number of aromatic nitrogens is 1. The molecule has 4 rings (SSSR count). The fourth-order valence-electron chi connectivity index (χ4n) is 4.02. The zero-order chi connectivity index (χ0) is 23.8. The maximum atomic E-state index is 13.2. The number of hydrogen-bond donors (Lipinski definition) is 2. The molecule has 174 valence electrons. The molecule has 2 N–H and O–H groups in total. The van der Waals surface area contributed by atoms with Crippen molar-refractivity contribution in [1.82, 2.24) is 15.2 Å². The molecule has 7 nitrogen and oxygen atoms in total. The average molecular weight is 455 g/mol. The number of nitrogens with zero attached hydrogens (tertiary/aromatic N) is 4. The van der Waals surface area contributed by atoms with Crippen LogP contribution in [0.1, 0.15) is 22.7 Å². The van der Waals surface area contributed by atoms with Gasteiger partial charge < -0.3 is 20.4 Å². The van der Waals surface area contributed by atoms with Crippen LogP contribution in [0.3, 0.4) is 0 Å². The van der Waals surface area contributed by atoms with Crippen molar-refractivity contribution < 1.29 is 4.79 Å². The minimum atomic E-state index is -0.501. The van der Waals surface area contributed by atoms with Crippen molar-refractivity contribution in [3.05, 3.63) is 89.6 Å². The second kappa shape index (κ2) is 11.4. The van der Waals surface area contributed by atoms with Gasteiger partial charge in [0.1, 0.15) is 11.9 Å². The Labute approximate surface area is 201 Å². The average Bonchev–Trinajstić information content (AvgIpc) is 2.88. The molecule has 3 aromatic rings. The summed E-state index contributed by atoms with van der Waals surface area (Å²) in [6.07, 6.45) is 2.58. The van der Waals surface area contributed by atoms with Crippen molar-refractivity contribution in [3.63, 3.8) is 0 Å². The highest BCUT2D eigenvalue weighted by Gasteiger charge is 2.21. The van der Waals surface area contributed by atoms with E-state index in [1.54, 1.807) is 0 Å². The highest BCUT2D eigenvalue weighted by Crippen LogP contribution is 2.19. The van der Waals surface area contributed by atoms with Crippen LogP contribution in [0.4, 0.5) is 11.5 Å². The standard InChI is InChI=1S/C27H30N6O/c1-32-15-17-33(18-16-32)24-11-12-25(30-20-24)31-27(34)26(23-5-3-2-4-6-23)29-14-13-21-7-9-22(19-28)10-8-21/h2-12,20,26,29H,13-18H2,1H3,(H,30,31,34). The zero-order valence-corrected chi connectivity index (χ0v) is 19.4. The molecular formula is C27H30N6O. The van der Waals surface area contributed by atoms with Gasteiger partial charge in [0.15, 0.2) is 0 Å².